The molecule has 1 aromatic rings. The number of rotatable bonds is 5. The van der Waals surface area contributed by atoms with E-state index < -0.39 is 5.97 Å². The average Bonchev–Trinajstić information content (AvgIpc) is 2.51. The van der Waals surface area contributed by atoms with E-state index in [1.54, 1.807) is 0 Å². The summed E-state index contributed by atoms with van der Waals surface area (Å²) in [6.07, 6.45) is 0.826. The number of aryl methyl sites for hydroxylation is 1. The van der Waals surface area contributed by atoms with Gasteiger partial charge in [-0.25, -0.2) is 0 Å². The number of anilines is 1. The first-order valence-electron chi connectivity index (χ1n) is 4.32. The molecule has 0 atom stereocenters. The van der Waals surface area contributed by atoms with Crippen LogP contribution < -0.4 is 4.90 Å². The van der Waals surface area contributed by atoms with E-state index in [0.29, 0.717) is 13.0 Å². The number of aromatic nitrogens is 2. The van der Waals surface area contributed by atoms with Crippen LogP contribution in [0.1, 0.15) is 17.8 Å². The zero-order valence-corrected chi connectivity index (χ0v) is 9.04. The monoisotopic (exact) mass is 215 g/mol. The molecule has 0 bridgehead atoms. The topological polar surface area (TPSA) is 66.3 Å². The van der Waals surface area contributed by atoms with Crippen molar-refractivity contribution in [2.75, 3.05) is 18.5 Å². The van der Waals surface area contributed by atoms with Crippen LogP contribution in [0.15, 0.2) is 0 Å². The van der Waals surface area contributed by atoms with Crippen molar-refractivity contribution in [3.8, 4) is 0 Å². The molecular formula is C8H13N3O2S. The highest BCUT2D eigenvalue weighted by Gasteiger charge is 2.06. The molecule has 5 nitrogen and oxygen atoms in total. The van der Waals surface area contributed by atoms with Crippen molar-refractivity contribution in [3.05, 3.63) is 5.01 Å². The predicted molar refractivity (Wildman–Crippen MR) is 54.8 cm³/mol. The molecule has 0 radical (unpaired) electrons. The van der Waals surface area contributed by atoms with E-state index in [9.17, 15) is 4.79 Å². The van der Waals surface area contributed by atoms with E-state index in [4.69, 9.17) is 5.11 Å². The molecule has 0 amide bonds. The second-order valence-corrected chi connectivity index (χ2v) is 4.18. The van der Waals surface area contributed by atoms with Crippen molar-refractivity contribution in [1.82, 2.24) is 10.2 Å². The molecule has 1 heterocycles. The maximum atomic E-state index is 10.3. The molecule has 0 aliphatic carbocycles. The molecule has 1 aromatic heterocycles. The fourth-order valence-corrected chi connectivity index (χ4v) is 1.68. The van der Waals surface area contributed by atoms with Gasteiger partial charge in [0.05, 0.1) is 0 Å². The lowest BCUT2D eigenvalue weighted by Crippen LogP contribution is -2.19. The number of aliphatic carboxylic acids is 1. The first kappa shape index (κ1) is 10.9. The molecule has 0 saturated heterocycles. The van der Waals surface area contributed by atoms with Gasteiger partial charge in [-0.1, -0.05) is 11.3 Å². The minimum atomic E-state index is -0.758. The molecule has 0 aromatic carbocycles. The number of carboxylic acid groups (broad SMARTS) is 1. The molecule has 0 aliphatic heterocycles. The van der Waals surface area contributed by atoms with Gasteiger partial charge in [0.2, 0.25) is 5.13 Å². The first-order chi connectivity index (χ1) is 6.59. The van der Waals surface area contributed by atoms with E-state index in [-0.39, 0.29) is 6.42 Å². The van der Waals surface area contributed by atoms with Gasteiger partial charge in [-0.15, -0.1) is 10.2 Å². The lowest BCUT2D eigenvalue weighted by Gasteiger charge is -2.13. The van der Waals surface area contributed by atoms with Gasteiger partial charge in [0.1, 0.15) is 5.01 Å². The molecule has 0 saturated carbocycles. The Bertz CT molecular complexity index is 313. The Hall–Kier alpha value is -1.17. The van der Waals surface area contributed by atoms with Crippen LogP contribution in [-0.4, -0.2) is 34.9 Å². The summed E-state index contributed by atoms with van der Waals surface area (Å²) in [4.78, 5) is 12.2. The Balaban J connectivity index is 2.35. The Kier molecular flexibility index (Phi) is 3.82. The molecule has 1 N–H and O–H groups in total. The maximum absolute atomic E-state index is 10.3. The summed E-state index contributed by atoms with van der Waals surface area (Å²) in [7, 11) is 1.89. The SMILES string of the molecule is Cc1nnc(N(C)CCCC(=O)O)s1. The van der Waals surface area contributed by atoms with Crippen molar-refractivity contribution in [2.24, 2.45) is 0 Å². The number of hydrogen-bond acceptors (Lipinski definition) is 5. The lowest BCUT2D eigenvalue weighted by molar-refractivity contribution is -0.137. The zero-order chi connectivity index (χ0) is 10.6. The van der Waals surface area contributed by atoms with Crippen molar-refractivity contribution < 1.29 is 9.90 Å². The summed E-state index contributed by atoms with van der Waals surface area (Å²) in [6, 6.07) is 0. The Morgan fingerprint density at radius 3 is 2.79 bits per heavy atom. The predicted octanol–water partition coefficient (Wildman–Crippen LogP) is 1.15. The van der Waals surface area contributed by atoms with Crippen molar-refractivity contribution in [2.45, 2.75) is 19.8 Å². The quantitative estimate of drug-likeness (QED) is 0.798. The zero-order valence-electron chi connectivity index (χ0n) is 8.23. The minimum Gasteiger partial charge on any atom is -0.481 e. The van der Waals surface area contributed by atoms with Crippen LogP contribution in [0.3, 0.4) is 0 Å². The van der Waals surface area contributed by atoms with Gasteiger partial charge >= 0.3 is 5.97 Å². The van der Waals surface area contributed by atoms with Crippen LogP contribution in [0.4, 0.5) is 5.13 Å². The molecule has 0 fully saturated rings. The number of carboxylic acids is 1. The van der Waals surface area contributed by atoms with Crippen LogP contribution in [0.25, 0.3) is 0 Å². The third-order valence-electron chi connectivity index (χ3n) is 1.73. The second-order valence-electron chi connectivity index (χ2n) is 3.02. The fraction of sp³-hybridized carbons (Fsp3) is 0.625. The summed E-state index contributed by atoms with van der Waals surface area (Å²) in [5.41, 5.74) is 0. The van der Waals surface area contributed by atoms with E-state index >= 15 is 0 Å². The van der Waals surface area contributed by atoms with Gasteiger partial charge in [0.15, 0.2) is 0 Å². The maximum Gasteiger partial charge on any atom is 0.303 e. The van der Waals surface area contributed by atoms with Crippen molar-refractivity contribution in [1.29, 1.82) is 0 Å². The third-order valence-corrected chi connectivity index (χ3v) is 2.68. The smallest absolute Gasteiger partial charge is 0.303 e. The summed E-state index contributed by atoms with van der Waals surface area (Å²) in [5, 5.41) is 18.1. The molecule has 1 rings (SSSR count). The number of nitrogens with zero attached hydrogens (tertiary/aromatic N) is 3. The third kappa shape index (κ3) is 3.29. The summed E-state index contributed by atoms with van der Waals surface area (Å²) < 4.78 is 0. The van der Waals surface area contributed by atoms with Gasteiger partial charge in [-0.3, -0.25) is 4.79 Å². The number of hydrogen-bond donors (Lipinski definition) is 1. The Labute approximate surface area is 86.4 Å². The number of carbonyl (C=O) groups is 1. The molecule has 6 heteroatoms. The summed E-state index contributed by atoms with van der Waals surface area (Å²) in [6.45, 7) is 2.59. The van der Waals surface area contributed by atoms with Crippen LogP contribution in [0, 0.1) is 6.92 Å². The molecule has 0 aliphatic rings. The van der Waals surface area contributed by atoms with Gasteiger partial charge in [-0.05, 0) is 13.3 Å². The summed E-state index contributed by atoms with van der Waals surface area (Å²) in [5.74, 6) is -0.758. The van der Waals surface area contributed by atoms with Gasteiger partial charge in [-0.2, -0.15) is 0 Å². The minimum absolute atomic E-state index is 0.197. The highest BCUT2D eigenvalue weighted by Crippen LogP contribution is 2.17. The standard InChI is InChI=1S/C8H13N3O2S/c1-6-9-10-8(14-6)11(2)5-3-4-7(12)13/h3-5H2,1-2H3,(H,12,13). The highest BCUT2D eigenvalue weighted by atomic mass is 32.1. The van der Waals surface area contributed by atoms with Crippen molar-refractivity contribution >= 4 is 22.4 Å². The van der Waals surface area contributed by atoms with Gasteiger partial charge in [0.25, 0.3) is 0 Å². The molecular weight excluding hydrogens is 202 g/mol. The second kappa shape index (κ2) is 4.90. The first-order valence-corrected chi connectivity index (χ1v) is 5.14. The lowest BCUT2D eigenvalue weighted by atomic mass is 10.3. The van der Waals surface area contributed by atoms with Crippen LogP contribution in [0.5, 0.6) is 0 Å². The molecule has 0 unspecified atom stereocenters. The largest absolute Gasteiger partial charge is 0.481 e. The van der Waals surface area contributed by atoms with E-state index in [0.717, 1.165) is 10.1 Å². The van der Waals surface area contributed by atoms with E-state index in [1.807, 2.05) is 18.9 Å². The average molecular weight is 215 g/mol. The molecule has 78 valence electrons. The van der Waals surface area contributed by atoms with Crippen LogP contribution in [-0.2, 0) is 4.79 Å². The Morgan fingerprint density at radius 1 is 1.57 bits per heavy atom. The van der Waals surface area contributed by atoms with E-state index in [1.165, 1.54) is 11.3 Å². The molecule has 14 heavy (non-hydrogen) atoms. The summed E-state index contributed by atoms with van der Waals surface area (Å²) >= 11 is 1.51. The molecule has 0 spiro atoms. The van der Waals surface area contributed by atoms with Crippen LogP contribution >= 0.6 is 11.3 Å². The normalized spacial score (nSPS) is 10.1. The fourth-order valence-electron chi connectivity index (χ4n) is 1.00. The Morgan fingerprint density at radius 2 is 2.29 bits per heavy atom. The van der Waals surface area contributed by atoms with Gasteiger partial charge in [0, 0.05) is 20.0 Å². The van der Waals surface area contributed by atoms with Gasteiger partial charge < -0.3 is 10.0 Å². The van der Waals surface area contributed by atoms with Crippen molar-refractivity contribution in [3.63, 3.8) is 0 Å². The van der Waals surface area contributed by atoms with Crippen LogP contribution in [0.2, 0.25) is 0 Å². The highest BCUT2D eigenvalue weighted by molar-refractivity contribution is 7.15. The van der Waals surface area contributed by atoms with E-state index in [2.05, 4.69) is 10.2 Å².